The van der Waals surface area contributed by atoms with Gasteiger partial charge in [-0.25, -0.2) is 4.98 Å². The van der Waals surface area contributed by atoms with Crippen molar-refractivity contribution in [1.82, 2.24) is 9.55 Å². The highest BCUT2D eigenvalue weighted by Gasteiger charge is 2.06. The summed E-state index contributed by atoms with van der Waals surface area (Å²) >= 11 is 1.90. The molecule has 0 fully saturated rings. The third-order valence-electron chi connectivity index (χ3n) is 2.70. The third kappa shape index (κ3) is 2.55. The van der Waals surface area contributed by atoms with E-state index >= 15 is 0 Å². The van der Waals surface area contributed by atoms with Crippen LogP contribution < -0.4 is 0 Å². The van der Waals surface area contributed by atoms with E-state index in [1.165, 1.54) is 22.6 Å². The molecular formula is C14H18N2S. The number of imidazole rings is 1. The molecule has 0 bridgehead atoms. The molecule has 0 spiro atoms. The van der Waals surface area contributed by atoms with Crippen LogP contribution in [0.2, 0.25) is 0 Å². The van der Waals surface area contributed by atoms with Gasteiger partial charge in [0, 0.05) is 11.4 Å². The summed E-state index contributed by atoms with van der Waals surface area (Å²) in [5, 5.41) is 0. The van der Waals surface area contributed by atoms with Gasteiger partial charge in [0.25, 0.3) is 0 Å². The minimum atomic E-state index is 0.824. The van der Waals surface area contributed by atoms with E-state index in [4.69, 9.17) is 0 Å². The van der Waals surface area contributed by atoms with E-state index in [1.807, 2.05) is 24.8 Å². The smallest absolute Gasteiger partial charge is 0.107 e. The zero-order chi connectivity index (χ0) is 12.3. The van der Waals surface area contributed by atoms with Crippen LogP contribution in [0, 0.1) is 6.92 Å². The molecular weight excluding hydrogens is 228 g/mol. The van der Waals surface area contributed by atoms with Crippen LogP contribution in [-0.2, 0) is 6.54 Å². The molecule has 3 heteroatoms. The topological polar surface area (TPSA) is 17.8 Å². The van der Waals surface area contributed by atoms with Crippen LogP contribution in [0.1, 0.15) is 19.2 Å². The molecule has 2 rings (SSSR count). The van der Waals surface area contributed by atoms with E-state index in [2.05, 4.69) is 41.3 Å². The maximum atomic E-state index is 4.56. The molecule has 90 valence electrons. The van der Waals surface area contributed by atoms with Gasteiger partial charge in [-0.2, -0.15) is 0 Å². The SMILES string of the molecule is C=CCn1c(C)nc2ccc(SCCC)cc21. The van der Waals surface area contributed by atoms with Gasteiger partial charge < -0.3 is 4.57 Å². The highest BCUT2D eigenvalue weighted by Crippen LogP contribution is 2.24. The summed E-state index contributed by atoms with van der Waals surface area (Å²) in [6.07, 6.45) is 3.12. The summed E-state index contributed by atoms with van der Waals surface area (Å²) in [7, 11) is 0. The number of hydrogen-bond acceptors (Lipinski definition) is 2. The molecule has 0 saturated carbocycles. The molecule has 17 heavy (non-hydrogen) atoms. The number of allylic oxidation sites excluding steroid dienone is 1. The number of nitrogens with zero attached hydrogens (tertiary/aromatic N) is 2. The zero-order valence-corrected chi connectivity index (χ0v) is 11.3. The minimum Gasteiger partial charge on any atom is -0.324 e. The summed E-state index contributed by atoms with van der Waals surface area (Å²) in [5.74, 6) is 2.22. The van der Waals surface area contributed by atoms with Gasteiger partial charge in [0.2, 0.25) is 0 Å². The Bertz CT molecular complexity index is 528. The summed E-state index contributed by atoms with van der Waals surface area (Å²) in [5.41, 5.74) is 2.29. The van der Waals surface area contributed by atoms with Crippen LogP contribution in [-0.4, -0.2) is 15.3 Å². The summed E-state index contributed by atoms with van der Waals surface area (Å²) < 4.78 is 2.21. The molecule has 2 aromatic rings. The molecule has 0 aliphatic rings. The first-order valence-corrected chi connectivity index (χ1v) is 6.95. The van der Waals surface area contributed by atoms with Gasteiger partial charge in [-0.15, -0.1) is 18.3 Å². The van der Waals surface area contributed by atoms with Crippen molar-refractivity contribution in [3.8, 4) is 0 Å². The van der Waals surface area contributed by atoms with Gasteiger partial charge in [-0.1, -0.05) is 13.0 Å². The van der Waals surface area contributed by atoms with E-state index in [0.717, 1.165) is 17.9 Å². The van der Waals surface area contributed by atoms with Crippen molar-refractivity contribution in [1.29, 1.82) is 0 Å². The molecule has 0 radical (unpaired) electrons. The van der Waals surface area contributed by atoms with Crippen LogP contribution in [0.5, 0.6) is 0 Å². The van der Waals surface area contributed by atoms with Crippen molar-refractivity contribution in [3.05, 3.63) is 36.7 Å². The lowest BCUT2D eigenvalue weighted by Gasteiger charge is -2.04. The molecule has 1 aromatic heterocycles. The quantitative estimate of drug-likeness (QED) is 0.585. The molecule has 1 heterocycles. The van der Waals surface area contributed by atoms with Gasteiger partial charge in [-0.05, 0) is 37.3 Å². The van der Waals surface area contributed by atoms with Crippen molar-refractivity contribution in [2.24, 2.45) is 0 Å². The fraction of sp³-hybridized carbons (Fsp3) is 0.357. The lowest BCUT2D eigenvalue weighted by atomic mass is 10.3. The molecule has 0 aliphatic heterocycles. The number of aromatic nitrogens is 2. The highest BCUT2D eigenvalue weighted by atomic mass is 32.2. The third-order valence-corrected chi connectivity index (χ3v) is 3.89. The average molecular weight is 246 g/mol. The Morgan fingerprint density at radius 2 is 2.29 bits per heavy atom. The Morgan fingerprint density at radius 1 is 1.47 bits per heavy atom. The average Bonchev–Trinajstić information content (AvgIpc) is 2.64. The Kier molecular flexibility index (Phi) is 3.89. The molecule has 2 nitrogen and oxygen atoms in total. The molecule has 0 unspecified atom stereocenters. The fourth-order valence-corrected chi connectivity index (χ4v) is 2.69. The predicted molar refractivity (Wildman–Crippen MR) is 75.7 cm³/mol. The van der Waals surface area contributed by atoms with Crippen molar-refractivity contribution in [2.45, 2.75) is 31.7 Å². The van der Waals surface area contributed by atoms with E-state index in [0.29, 0.717) is 0 Å². The van der Waals surface area contributed by atoms with Gasteiger partial charge >= 0.3 is 0 Å². The first-order valence-electron chi connectivity index (χ1n) is 5.97. The Hall–Kier alpha value is -1.22. The number of fused-ring (bicyclic) bond motifs is 1. The number of aryl methyl sites for hydroxylation is 1. The molecule has 0 atom stereocenters. The normalized spacial score (nSPS) is 10.9. The van der Waals surface area contributed by atoms with Crippen LogP contribution in [0.3, 0.4) is 0 Å². The van der Waals surface area contributed by atoms with Crippen LogP contribution in [0.4, 0.5) is 0 Å². The number of hydrogen-bond donors (Lipinski definition) is 0. The van der Waals surface area contributed by atoms with Crippen molar-refractivity contribution >= 4 is 22.8 Å². The van der Waals surface area contributed by atoms with Crippen molar-refractivity contribution < 1.29 is 0 Å². The number of rotatable bonds is 5. The van der Waals surface area contributed by atoms with E-state index in [1.54, 1.807) is 0 Å². The van der Waals surface area contributed by atoms with Crippen LogP contribution >= 0.6 is 11.8 Å². The fourth-order valence-electron chi connectivity index (χ4n) is 1.89. The Labute approximate surface area is 107 Å². The van der Waals surface area contributed by atoms with Crippen molar-refractivity contribution in [3.63, 3.8) is 0 Å². The minimum absolute atomic E-state index is 0.824. The highest BCUT2D eigenvalue weighted by molar-refractivity contribution is 7.99. The van der Waals surface area contributed by atoms with Crippen LogP contribution in [0.25, 0.3) is 11.0 Å². The Morgan fingerprint density at radius 3 is 3.00 bits per heavy atom. The van der Waals surface area contributed by atoms with E-state index in [9.17, 15) is 0 Å². The van der Waals surface area contributed by atoms with Crippen molar-refractivity contribution in [2.75, 3.05) is 5.75 Å². The standard InChI is InChI=1S/C14H18N2S/c1-4-8-16-11(3)15-13-7-6-12(10-14(13)16)17-9-5-2/h4,6-7,10H,1,5,8-9H2,2-3H3. The second-order valence-corrected chi connectivity index (χ2v) is 5.23. The van der Waals surface area contributed by atoms with E-state index < -0.39 is 0 Å². The molecule has 0 N–H and O–H groups in total. The van der Waals surface area contributed by atoms with Gasteiger partial charge in [0.15, 0.2) is 0 Å². The lowest BCUT2D eigenvalue weighted by molar-refractivity contribution is 0.807. The number of benzene rings is 1. The first-order chi connectivity index (χ1) is 8.26. The van der Waals surface area contributed by atoms with Gasteiger partial charge in [0.05, 0.1) is 11.0 Å². The molecule has 1 aromatic carbocycles. The number of thioether (sulfide) groups is 1. The van der Waals surface area contributed by atoms with Gasteiger partial charge in [-0.3, -0.25) is 0 Å². The predicted octanol–water partition coefficient (Wildman–Crippen LogP) is 4.03. The van der Waals surface area contributed by atoms with Crippen LogP contribution in [0.15, 0.2) is 35.7 Å². The first kappa shape index (κ1) is 12.2. The second kappa shape index (κ2) is 5.41. The molecule has 0 amide bonds. The summed E-state index contributed by atoms with van der Waals surface area (Å²) in [6, 6.07) is 6.51. The maximum absolute atomic E-state index is 4.56. The molecule has 0 aliphatic carbocycles. The summed E-state index contributed by atoms with van der Waals surface area (Å²) in [4.78, 5) is 5.88. The Balaban J connectivity index is 2.42. The lowest BCUT2D eigenvalue weighted by Crippen LogP contribution is -1.97. The van der Waals surface area contributed by atoms with Gasteiger partial charge in [0.1, 0.15) is 5.82 Å². The largest absolute Gasteiger partial charge is 0.324 e. The molecule has 0 saturated heterocycles. The van der Waals surface area contributed by atoms with E-state index in [-0.39, 0.29) is 0 Å². The summed E-state index contributed by atoms with van der Waals surface area (Å²) in [6.45, 7) is 8.88. The maximum Gasteiger partial charge on any atom is 0.107 e. The monoisotopic (exact) mass is 246 g/mol. The second-order valence-electron chi connectivity index (χ2n) is 4.06. The zero-order valence-electron chi connectivity index (χ0n) is 10.4.